The Bertz CT molecular complexity index is 1900. The average Bonchev–Trinajstić information content (AvgIpc) is 3.52. The van der Waals surface area contributed by atoms with E-state index in [0.717, 1.165) is 40.7 Å². The van der Waals surface area contributed by atoms with Crippen LogP contribution in [0.2, 0.25) is 5.02 Å². The van der Waals surface area contributed by atoms with Gasteiger partial charge in [-0.05, 0) is 73.1 Å². The summed E-state index contributed by atoms with van der Waals surface area (Å²) in [5.41, 5.74) is 5.16. The van der Waals surface area contributed by atoms with Crippen LogP contribution in [-0.4, -0.2) is 41.8 Å². The number of hydrogen-bond acceptors (Lipinski definition) is 8. The van der Waals surface area contributed by atoms with E-state index in [1.165, 1.54) is 6.20 Å². The van der Waals surface area contributed by atoms with Gasteiger partial charge in [-0.2, -0.15) is 0 Å². The third-order valence-electron chi connectivity index (χ3n) is 9.14. The van der Waals surface area contributed by atoms with E-state index in [1.807, 2.05) is 18.2 Å². The Morgan fingerprint density at radius 2 is 1.90 bits per heavy atom. The molecule has 49 heavy (non-hydrogen) atoms. The zero-order chi connectivity index (χ0) is 33.9. The average molecular weight is 686 g/mol. The summed E-state index contributed by atoms with van der Waals surface area (Å²) >= 11 is 6.86. The topological polar surface area (TPSA) is 111 Å². The number of nitrogens with zero attached hydrogens (tertiary/aromatic N) is 1. The molecular weight excluding hydrogens is 649 g/mol. The molecule has 2 bridgehead atoms. The molecule has 0 saturated carbocycles. The minimum absolute atomic E-state index is 0.0371. The van der Waals surface area contributed by atoms with Crippen molar-refractivity contribution in [2.45, 2.75) is 57.4 Å². The summed E-state index contributed by atoms with van der Waals surface area (Å²) in [5.74, 6) is 0.920. The third-order valence-corrected chi connectivity index (χ3v) is 9.43. The minimum Gasteiger partial charge on any atom is -0.511 e. The predicted octanol–water partition coefficient (Wildman–Crippen LogP) is 7.40. The Kier molecular flexibility index (Phi) is 9.59. The summed E-state index contributed by atoms with van der Waals surface area (Å²) in [5, 5.41) is 17.0. The zero-order valence-corrected chi connectivity index (χ0v) is 27.7. The quantitative estimate of drug-likeness (QED) is 0.191. The lowest BCUT2D eigenvalue weighted by Gasteiger charge is -2.22. The van der Waals surface area contributed by atoms with Crippen LogP contribution in [0.4, 0.5) is 4.39 Å². The van der Waals surface area contributed by atoms with Gasteiger partial charge in [0.15, 0.2) is 17.3 Å². The number of ether oxygens (including phenoxy) is 4. The molecule has 2 atom stereocenters. The molecule has 0 spiro atoms. The molecule has 9 nitrogen and oxygen atoms in total. The van der Waals surface area contributed by atoms with E-state index in [4.69, 9.17) is 30.5 Å². The maximum Gasteiger partial charge on any atom is 0.252 e. The number of benzene rings is 3. The van der Waals surface area contributed by atoms with Crippen molar-refractivity contribution in [3.05, 3.63) is 112 Å². The smallest absolute Gasteiger partial charge is 0.252 e. The van der Waals surface area contributed by atoms with Gasteiger partial charge in [-0.3, -0.25) is 9.78 Å². The number of carbonyl (C=O) groups excluding carboxylic acids is 1. The van der Waals surface area contributed by atoms with Crippen molar-refractivity contribution in [3.8, 4) is 34.1 Å². The van der Waals surface area contributed by atoms with Crippen LogP contribution in [0.25, 0.3) is 11.1 Å². The van der Waals surface area contributed by atoms with Gasteiger partial charge in [0.25, 0.3) is 5.91 Å². The number of aliphatic hydroxyl groups excluding tert-OH is 1. The maximum atomic E-state index is 15.7. The van der Waals surface area contributed by atoms with Gasteiger partial charge in [-0.1, -0.05) is 36.4 Å². The molecule has 1 aliphatic carbocycles. The molecule has 3 aliphatic rings. The second kappa shape index (κ2) is 14.4. The molecule has 2 aliphatic heterocycles. The molecule has 0 radical (unpaired) electrons. The molecular formula is C38H37ClFN3O6. The van der Waals surface area contributed by atoms with Gasteiger partial charge >= 0.3 is 0 Å². The summed E-state index contributed by atoms with van der Waals surface area (Å²) in [6.07, 6.45) is 6.38. The van der Waals surface area contributed by atoms with E-state index in [-0.39, 0.29) is 36.2 Å². The standard InChI is InChI=1S/C38H37ClFN3O6/c1-22(44)31-7-2-3-12-42-38(45)25-15-23(18-41-19-25)21-48-34-17-35(30(39)16-24(34)20-43-31)49-32-10-8-27-26(5-4-6-28(27)32)29-9-11-33-37(36(29)40)47-14-13-46-33/h4-6,9,11,15-19,31-32,43-44H,1-3,7-8,10,12-14,20-21H2,(H,42,45)/t31-,32-/m0/s1. The number of fused-ring (bicyclic) bond motifs is 5. The SMILES string of the molecule is C=C(O)[C@@H]1CCCCNC(=O)c2cncc(c2)COc2cc(O[C@H]3CCc4c(-c5ccc6c(c5F)OCCO6)cccc43)c(Cl)cc2CN1. The highest BCUT2D eigenvalue weighted by Crippen LogP contribution is 2.45. The Labute approximate surface area is 289 Å². The summed E-state index contributed by atoms with van der Waals surface area (Å²) in [6, 6.07) is 14.3. The van der Waals surface area contributed by atoms with Crippen LogP contribution in [0, 0.1) is 5.82 Å². The number of halogens is 2. The first-order valence-corrected chi connectivity index (χ1v) is 16.9. The first kappa shape index (κ1) is 32.7. The lowest BCUT2D eigenvalue weighted by Crippen LogP contribution is -2.31. The third kappa shape index (κ3) is 7.02. The van der Waals surface area contributed by atoms with E-state index in [1.54, 1.807) is 36.5 Å². The molecule has 254 valence electrons. The fraction of sp³-hybridized carbons (Fsp3) is 0.316. The lowest BCUT2D eigenvalue weighted by atomic mass is 9.96. The van der Waals surface area contributed by atoms with Crippen LogP contribution in [-0.2, 0) is 19.6 Å². The molecule has 0 unspecified atom stereocenters. The number of aromatic nitrogens is 1. The van der Waals surface area contributed by atoms with Gasteiger partial charge < -0.3 is 34.7 Å². The van der Waals surface area contributed by atoms with E-state index in [9.17, 15) is 9.90 Å². The number of rotatable bonds is 4. The number of pyridine rings is 1. The summed E-state index contributed by atoms with van der Waals surface area (Å²) in [6.45, 7) is 5.45. The molecule has 0 fully saturated rings. The fourth-order valence-corrected chi connectivity index (χ4v) is 6.85. The molecule has 3 heterocycles. The number of amides is 1. The van der Waals surface area contributed by atoms with Crippen LogP contribution in [0.15, 0.2) is 73.3 Å². The number of nitrogens with one attached hydrogen (secondary N) is 2. The second-order valence-electron chi connectivity index (χ2n) is 12.4. The van der Waals surface area contributed by atoms with Crippen molar-refractivity contribution in [1.29, 1.82) is 0 Å². The fourth-order valence-electron chi connectivity index (χ4n) is 6.62. The Hall–Kier alpha value is -4.80. The Morgan fingerprint density at radius 1 is 1.02 bits per heavy atom. The van der Waals surface area contributed by atoms with Gasteiger partial charge in [0.05, 0.1) is 16.6 Å². The van der Waals surface area contributed by atoms with Crippen molar-refractivity contribution in [2.75, 3.05) is 19.8 Å². The highest BCUT2D eigenvalue weighted by Gasteiger charge is 2.30. The summed E-state index contributed by atoms with van der Waals surface area (Å²) < 4.78 is 39.7. The van der Waals surface area contributed by atoms with Crippen molar-refractivity contribution >= 4 is 17.5 Å². The lowest BCUT2D eigenvalue weighted by molar-refractivity contribution is 0.0952. The van der Waals surface area contributed by atoms with Crippen LogP contribution in [0.5, 0.6) is 23.0 Å². The van der Waals surface area contributed by atoms with Gasteiger partial charge in [0.1, 0.15) is 43.2 Å². The Balaban J connectivity index is 1.18. The highest BCUT2D eigenvalue weighted by atomic mass is 35.5. The normalized spacial score (nSPS) is 19.2. The molecule has 1 aromatic heterocycles. The number of hydrogen-bond donors (Lipinski definition) is 3. The van der Waals surface area contributed by atoms with Gasteiger partial charge in [0, 0.05) is 48.2 Å². The van der Waals surface area contributed by atoms with Crippen molar-refractivity contribution in [3.63, 3.8) is 0 Å². The van der Waals surface area contributed by atoms with Crippen molar-refractivity contribution in [2.24, 2.45) is 0 Å². The van der Waals surface area contributed by atoms with Gasteiger partial charge in [-0.25, -0.2) is 4.39 Å². The van der Waals surface area contributed by atoms with E-state index >= 15 is 4.39 Å². The molecule has 0 saturated heterocycles. The van der Waals surface area contributed by atoms with Crippen molar-refractivity contribution in [1.82, 2.24) is 15.6 Å². The van der Waals surface area contributed by atoms with Crippen molar-refractivity contribution < 1.29 is 33.2 Å². The summed E-state index contributed by atoms with van der Waals surface area (Å²) in [7, 11) is 0. The first-order valence-electron chi connectivity index (χ1n) is 16.5. The van der Waals surface area contributed by atoms with Crippen LogP contribution in [0.3, 0.4) is 0 Å². The van der Waals surface area contributed by atoms with E-state index in [2.05, 4.69) is 22.2 Å². The molecule has 7 rings (SSSR count). The second-order valence-corrected chi connectivity index (χ2v) is 12.8. The number of aliphatic hydroxyl groups is 1. The monoisotopic (exact) mass is 685 g/mol. The molecule has 1 amide bonds. The number of carbonyl (C=O) groups is 1. The summed E-state index contributed by atoms with van der Waals surface area (Å²) in [4.78, 5) is 17.0. The van der Waals surface area contributed by atoms with Gasteiger partial charge in [0.2, 0.25) is 0 Å². The largest absolute Gasteiger partial charge is 0.511 e. The molecule has 11 heteroatoms. The van der Waals surface area contributed by atoms with Gasteiger partial charge in [-0.15, -0.1) is 0 Å². The van der Waals surface area contributed by atoms with E-state index in [0.29, 0.717) is 79.0 Å². The first-order chi connectivity index (χ1) is 23.9. The Morgan fingerprint density at radius 3 is 2.78 bits per heavy atom. The molecule has 3 aromatic carbocycles. The van der Waals surface area contributed by atoms with Crippen LogP contribution in [0.1, 0.15) is 64.4 Å². The predicted molar refractivity (Wildman–Crippen MR) is 183 cm³/mol. The van der Waals surface area contributed by atoms with E-state index < -0.39 is 5.82 Å². The zero-order valence-electron chi connectivity index (χ0n) is 26.9. The molecule has 4 aromatic rings. The molecule has 3 N–H and O–H groups in total. The maximum absolute atomic E-state index is 15.7. The van der Waals surface area contributed by atoms with Crippen LogP contribution >= 0.6 is 11.6 Å². The highest BCUT2D eigenvalue weighted by molar-refractivity contribution is 6.32. The van der Waals surface area contributed by atoms with Crippen LogP contribution < -0.4 is 29.6 Å². The minimum atomic E-state index is -0.436.